The highest BCUT2D eigenvalue weighted by atomic mass is 32.2. The Morgan fingerprint density at radius 3 is 2.48 bits per heavy atom. The summed E-state index contributed by atoms with van der Waals surface area (Å²) < 4.78 is 27.0. The summed E-state index contributed by atoms with van der Waals surface area (Å²) in [6.07, 6.45) is 3.82. The number of piperidine rings is 1. The third-order valence-corrected chi connectivity index (χ3v) is 6.76. The molecule has 1 aliphatic heterocycles. The van der Waals surface area contributed by atoms with Crippen molar-refractivity contribution in [2.45, 2.75) is 44.4 Å². The number of hydrogen-bond acceptors (Lipinski definition) is 3. The summed E-state index contributed by atoms with van der Waals surface area (Å²) in [6.45, 7) is 5.09. The normalized spacial score (nSPS) is 25.1. The summed E-state index contributed by atoms with van der Waals surface area (Å²) in [5, 5.41) is 2.90. The number of carbonyl (C=O) groups is 1. The minimum Gasteiger partial charge on any atom is -0.326 e. The predicted octanol–water partition coefficient (Wildman–Crippen LogP) is 2.76. The van der Waals surface area contributed by atoms with E-state index in [-0.39, 0.29) is 16.7 Å². The quantitative estimate of drug-likeness (QED) is 0.919. The summed E-state index contributed by atoms with van der Waals surface area (Å²) in [5.74, 6) is 0.487. The molecule has 1 aromatic rings. The van der Waals surface area contributed by atoms with Crippen LogP contribution in [0.25, 0.3) is 0 Å². The Labute approximate surface area is 138 Å². The molecule has 1 aromatic carbocycles. The van der Waals surface area contributed by atoms with E-state index in [0.717, 1.165) is 31.2 Å². The van der Waals surface area contributed by atoms with Gasteiger partial charge in [0.2, 0.25) is 15.9 Å². The summed E-state index contributed by atoms with van der Waals surface area (Å²) in [7, 11) is -3.47. The van der Waals surface area contributed by atoms with Gasteiger partial charge >= 0.3 is 0 Å². The number of carbonyl (C=O) groups excluding carboxylic acids is 1. The molecule has 2 atom stereocenters. The molecule has 1 heterocycles. The molecule has 0 radical (unpaired) electrons. The number of amides is 1. The summed E-state index contributed by atoms with van der Waals surface area (Å²) >= 11 is 0. The van der Waals surface area contributed by atoms with E-state index in [2.05, 4.69) is 5.32 Å². The third kappa shape index (κ3) is 3.43. The lowest BCUT2D eigenvalue weighted by atomic mass is 10.2. The molecule has 1 saturated carbocycles. The minimum absolute atomic E-state index is 0.00637. The molecule has 5 nitrogen and oxygen atoms in total. The molecule has 1 saturated heterocycles. The number of rotatable bonds is 4. The van der Waals surface area contributed by atoms with Crippen molar-refractivity contribution in [2.24, 2.45) is 11.8 Å². The van der Waals surface area contributed by atoms with Crippen molar-refractivity contribution >= 4 is 21.6 Å². The predicted molar refractivity (Wildman–Crippen MR) is 89.7 cm³/mol. The van der Waals surface area contributed by atoms with Gasteiger partial charge in [-0.25, -0.2) is 8.42 Å². The van der Waals surface area contributed by atoms with E-state index < -0.39 is 10.0 Å². The largest absolute Gasteiger partial charge is 0.326 e. The van der Waals surface area contributed by atoms with Crippen molar-refractivity contribution in [1.29, 1.82) is 0 Å². The zero-order valence-electron chi connectivity index (χ0n) is 13.7. The van der Waals surface area contributed by atoms with Crippen LogP contribution in [0.15, 0.2) is 23.1 Å². The Balaban J connectivity index is 1.83. The maximum atomic E-state index is 12.7. The van der Waals surface area contributed by atoms with Crippen molar-refractivity contribution in [3.05, 3.63) is 23.8 Å². The van der Waals surface area contributed by atoms with E-state index in [1.165, 1.54) is 0 Å². The van der Waals surface area contributed by atoms with E-state index in [1.54, 1.807) is 22.5 Å². The van der Waals surface area contributed by atoms with Crippen LogP contribution >= 0.6 is 0 Å². The first-order valence-electron chi connectivity index (χ1n) is 8.31. The lowest BCUT2D eigenvalue weighted by Gasteiger charge is -2.26. The van der Waals surface area contributed by atoms with Crippen LogP contribution in [0.4, 0.5) is 5.69 Å². The fourth-order valence-electron chi connectivity index (χ4n) is 3.06. The highest BCUT2D eigenvalue weighted by molar-refractivity contribution is 7.89. The Hall–Kier alpha value is -1.40. The monoisotopic (exact) mass is 336 g/mol. The van der Waals surface area contributed by atoms with Crippen LogP contribution in [-0.2, 0) is 14.8 Å². The van der Waals surface area contributed by atoms with Gasteiger partial charge in [0.15, 0.2) is 0 Å². The van der Waals surface area contributed by atoms with Crippen molar-refractivity contribution in [2.75, 3.05) is 18.4 Å². The number of nitrogens with one attached hydrogen (secondary N) is 1. The van der Waals surface area contributed by atoms with Crippen LogP contribution in [0.3, 0.4) is 0 Å². The molecule has 2 fully saturated rings. The second-order valence-corrected chi connectivity index (χ2v) is 8.69. The molecule has 0 spiro atoms. The maximum absolute atomic E-state index is 12.7. The van der Waals surface area contributed by atoms with Gasteiger partial charge in [-0.2, -0.15) is 4.31 Å². The summed E-state index contributed by atoms with van der Waals surface area (Å²) in [6, 6.07) is 5.00. The molecule has 1 N–H and O–H groups in total. The van der Waals surface area contributed by atoms with Gasteiger partial charge in [-0.05, 0) is 49.8 Å². The van der Waals surface area contributed by atoms with Gasteiger partial charge in [0.1, 0.15) is 0 Å². The van der Waals surface area contributed by atoms with E-state index >= 15 is 0 Å². The van der Waals surface area contributed by atoms with E-state index in [4.69, 9.17) is 0 Å². The Morgan fingerprint density at radius 1 is 1.22 bits per heavy atom. The number of benzene rings is 1. The van der Waals surface area contributed by atoms with Crippen LogP contribution in [0.1, 0.15) is 38.2 Å². The smallest absolute Gasteiger partial charge is 0.243 e. The maximum Gasteiger partial charge on any atom is 0.243 e. The molecule has 23 heavy (non-hydrogen) atoms. The molecule has 0 unspecified atom stereocenters. The van der Waals surface area contributed by atoms with Crippen molar-refractivity contribution in [3.8, 4) is 0 Å². The van der Waals surface area contributed by atoms with Gasteiger partial charge in [0.05, 0.1) is 4.90 Å². The highest BCUT2D eigenvalue weighted by Crippen LogP contribution is 2.38. The molecule has 3 rings (SSSR count). The van der Waals surface area contributed by atoms with E-state index in [9.17, 15) is 13.2 Å². The van der Waals surface area contributed by atoms with Crippen molar-refractivity contribution in [1.82, 2.24) is 4.31 Å². The van der Waals surface area contributed by atoms with E-state index in [0.29, 0.717) is 24.7 Å². The Morgan fingerprint density at radius 2 is 1.87 bits per heavy atom. The zero-order valence-corrected chi connectivity index (χ0v) is 14.5. The molecule has 1 amide bonds. The molecule has 6 heteroatoms. The fraction of sp³-hybridized carbons (Fsp3) is 0.588. The van der Waals surface area contributed by atoms with Crippen molar-refractivity contribution < 1.29 is 13.2 Å². The van der Waals surface area contributed by atoms with Crippen LogP contribution in [0, 0.1) is 18.8 Å². The standard InChI is InChI=1S/C17H24N2O3S/c1-12-6-7-14(23(21,22)19-8-4-3-5-9-19)11-16(12)18-17(20)15-10-13(15)2/h6-7,11,13,15H,3-5,8-10H2,1-2H3,(H,18,20)/t13-,15+/m0/s1. The number of sulfonamides is 1. The van der Waals surface area contributed by atoms with Crippen molar-refractivity contribution in [3.63, 3.8) is 0 Å². The van der Waals surface area contributed by atoms with E-state index in [1.807, 2.05) is 13.8 Å². The SMILES string of the molecule is Cc1ccc(S(=O)(=O)N2CCCCC2)cc1NC(=O)[C@@H]1C[C@@H]1C. The summed E-state index contributed by atoms with van der Waals surface area (Å²) in [5.41, 5.74) is 1.48. The summed E-state index contributed by atoms with van der Waals surface area (Å²) in [4.78, 5) is 12.4. The first-order valence-corrected chi connectivity index (χ1v) is 9.75. The average Bonchev–Trinajstić information content (AvgIpc) is 3.27. The van der Waals surface area contributed by atoms with Crippen LogP contribution in [-0.4, -0.2) is 31.7 Å². The van der Waals surface area contributed by atoms with Gasteiger partial charge in [0.25, 0.3) is 0 Å². The van der Waals surface area contributed by atoms with Crippen LogP contribution < -0.4 is 5.32 Å². The van der Waals surface area contributed by atoms with Gasteiger partial charge < -0.3 is 5.32 Å². The molecule has 1 aliphatic carbocycles. The number of hydrogen-bond donors (Lipinski definition) is 1. The first kappa shape index (κ1) is 16.5. The number of anilines is 1. The molecule has 0 bridgehead atoms. The number of nitrogens with zero attached hydrogens (tertiary/aromatic N) is 1. The van der Waals surface area contributed by atoms with Crippen LogP contribution in [0.2, 0.25) is 0 Å². The van der Waals surface area contributed by atoms with Crippen LogP contribution in [0.5, 0.6) is 0 Å². The molecule has 126 valence electrons. The molecule has 2 aliphatic rings. The first-order chi connectivity index (χ1) is 10.9. The second kappa shape index (κ2) is 6.24. The third-order valence-electron chi connectivity index (χ3n) is 4.87. The molecular formula is C17H24N2O3S. The minimum atomic E-state index is -3.47. The lowest BCUT2D eigenvalue weighted by Crippen LogP contribution is -2.35. The molecular weight excluding hydrogens is 312 g/mol. The van der Waals surface area contributed by atoms with Gasteiger partial charge in [-0.3, -0.25) is 4.79 Å². The molecule has 0 aromatic heterocycles. The number of aryl methyl sites for hydroxylation is 1. The fourth-order valence-corrected chi connectivity index (χ4v) is 4.61. The zero-order chi connectivity index (χ0) is 16.6. The van der Waals surface area contributed by atoms with Gasteiger partial charge in [-0.1, -0.05) is 19.4 Å². The lowest BCUT2D eigenvalue weighted by molar-refractivity contribution is -0.117. The Bertz CT molecular complexity index is 709. The average molecular weight is 336 g/mol. The second-order valence-electron chi connectivity index (χ2n) is 6.75. The topological polar surface area (TPSA) is 66.5 Å². The Kier molecular flexibility index (Phi) is 4.47. The van der Waals surface area contributed by atoms with Gasteiger partial charge in [0, 0.05) is 24.7 Å². The van der Waals surface area contributed by atoms with Gasteiger partial charge in [-0.15, -0.1) is 0 Å². The highest BCUT2D eigenvalue weighted by Gasteiger charge is 2.39.